The first-order valence-corrected chi connectivity index (χ1v) is 4.36. The van der Waals surface area contributed by atoms with Gasteiger partial charge >= 0.3 is 0 Å². The molecule has 0 aliphatic heterocycles. The van der Waals surface area contributed by atoms with E-state index in [1.807, 2.05) is 13.0 Å². The second-order valence-corrected chi connectivity index (χ2v) is 3.44. The fourth-order valence-corrected chi connectivity index (χ4v) is 1.20. The van der Waals surface area contributed by atoms with Crippen LogP contribution in [0.5, 0.6) is 0 Å². The molecule has 64 valence electrons. The standard InChI is InChI=1S/C9H9Cl2N/c1-6(5-12)7-2-3-8(10)9(11)4-7/h2-6,12H,1H3. The number of hydrogen-bond donors (Lipinski definition) is 1. The van der Waals surface area contributed by atoms with Crippen molar-refractivity contribution in [2.75, 3.05) is 0 Å². The van der Waals surface area contributed by atoms with Crippen molar-refractivity contribution in [3.63, 3.8) is 0 Å². The van der Waals surface area contributed by atoms with Gasteiger partial charge in [-0.1, -0.05) is 36.2 Å². The number of rotatable bonds is 2. The molecule has 0 aliphatic carbocycles. The van der Waals surface area contributed by atoms with Gasteiger partial charge in [0, 0.05) is 12.1 Å². The van der Waals surface area contributed by atoms with Gasteiger partial charge in [-0.25, -0.2) is 0 Å². The third-order valence-electron chi connectivity index (χ3n) is 1.72. The van der Waals surface area contributed by atoms with Crippen molar-refractivity contribution in [3.05, 3.63) is 33.8 Å². The lowest BCUT2D eigenvalue weighted by atomic mass is 10.0. The SMILES string of the molecule is CC(C=N)c1ccc(Cl)c(Cl)c1. The lowest BCUT2D eigenvalue weighted by Crippen LogP contribution is -1.92. The molecule has 0 heterocycles. The molecule has 3 heteroatoms. The minimum Gasteiger partial charge on any atom is -0.312 e. The molecular weight excluding hydrogens is 193 g/mol. The molecule has 12 heavy (non-hydrogen) atoms. The molecule has 1 atom stereocenters. The Morgan fingerprint density at radius 2 is 2.00 bits per heavy atom. The Bertz CT molecular complexity index is 297. The Morgan fingerprint density at radius 3 is 2.50 bits per heavy atom. The van der Waals surface area contributed by atoms with Crippen LogP contribution in [0.15, 0.2) is 18.2 Å². The van der Waals surface area contributed by atoms with Crippen molar-refractivity contribution in [3.8, 4) is 0 Å². The minimum atomic E-state index is 0.0970. The maximum absolute atomic E-state index is 7.07. The fourth-order valence-electron chi connectivity index (χ4n) is 0.892. The van der Waals surface area contributed by atoms with Crippen LogP contribution < -0.4 is 0 Å². The van der Waals surface area contributed by atoms with Gasteiger partial charge in [0.2, 0.25) is 0 Å². The van der Waals surface area contributed by atoms with Gasteiger partial charge in [0.15, 0.2) is 0 Å². The van der Waals surface area contributed by atoms with E-state index in [9.17, 15) is 0 Å². The molecule has 0 saturated carbocycles. The van der Waals surface area contributed by atoms with Gasteiger partial charge in [0.1, 0.15) is 0 Å². The summed E-state index contributed by atoms with van der Waals surface area (Å²) in [6, 6.07) is 5.42. The van der Waals surface area contributed by atoms with Crippen molar-refractivity contribution in [2.24, 2.45) is 0 Å². The summed E-state index contributed by atoms with van der Waals surface area (Å²) in [7, 11) is 0. The minimum absolute atomic E-state index is 0.0970. The van der Waals surface area contributed by atoms with Gasteiger partial charge in [0.25, 0.3) is 0 Å². The largest absolute Gasteiger partial charge is 0.312 e. The first-order valence-electron chi connectivity index (χ1n) is 3.60. The van der Waals surface area contributed by atoms with E-state index in [1.54, 1.807) is 12.1 Å². The van der Waals surface area contributed by atoms with Crippen LogP contribution in [0.3, 0.4) is 0 Å². The van der Waals surface area contributed by atoms with Gasteiger partial charge in [-0.2, -0.15) is 0 Å². The maximum Gasteiger partial charge on any atom is 0.0595 e. The van der Waals surface area contributed by atoms with E-state index in [4.69, 9.17) is 28.6 Å². The zero-order valence-electron chi connectivity index (χ0n) is 6.64. The average molecular weight is 202 g/mol. The number of halogens is 2. The van der Waals surface area contributed by atoms with Crippen LogP contribution in [-0.2, 0) is 0 Å². The number of hydrogen-bond acceptors (Lipinski definition) is 1. The fraction of sp³-hybridized carbons (Fsp3) is 0.222. The predicted octanol–water partition coefficient (Wildman–Crippen LogP) is 3.75. The molecule has 0 fully saturated rings. The van der Waals surface area contributed by atoms with Gasteiger partial charge in [-0.3, -0.25) is 0 Å². The summed E-state index contributed by atoms with van der Waals surface area (Å²) in [5.74, 6) is 0.0970. The second-order valence-electron chi connectivity index (χ2n) is 2.63. The molecule has 1 aromatic rings. The molecule has 1 nitrogen and oxygen atoms in total. The topological polar surface area (TPSA) is 23.9 Å². The summed E-state index contributed by atoms with van der Waals surface area (Å²) in [6.45, 7) is 1.94. The first-order chi connectivity index (χ1) is 5.65. The van der Waals surface area contributed by atoms with Gasteiger partial charge in [0.05, 0.1) is 10.0 Å². The maximum atomic E-state index is 7.07. The van der Waals surface area contributed by atoms with Crippen molar-refractivity contribution >= 4 is 29.4 Å². The van der Waals surface area contributed by atoms with Crippen LogP contribution in [0.25, 0.3) is 0 Å². The van der Waals surface area contributed by atoms with Gasteiger partial charge in [-0.05, 0) is 17.7 Å². The van der Waals surface area contributed by atoms with Crippen molar-refractivity contribution in [1.29, 1.82) is 5.41 Å². The highest BCUT2D eigenvalue weighted by Crippen LogP contribution is 2.25. The van der Waals surface area contributed by atoms with E-state index in [1.165, 1.54) is 6.21 Å². The summed E-state index contributed by atoms with van der Waals surface area (Å²) >= 11 is 11.5. The van der Waals surface area contributed by atoms with Crippen LogP contribution in [0, 0.1) is 5.41 Å². The lowest BCUT2D eigenvalue weighted by Gasteiger charge is -2.05. The summed E-state index contributed by atoms with van der Waals surface area (Å²) < 4.78 is 0. The van der Waals surface area contributed by atoms with E-state index in [0.717, 1.165) is 5.56 Å². The van der Waals surface area contributed by atoms with Crippen LogP contribution in [0.2, 0.25) is 10.0 Å². The highest BCUT2D eigenvalue weighted by molar-refractivity contribution is 6.42. The normalized spacial score (nSPS) is 12.6. The summed E-state index contributed by atoms with van der Waals surface area (Å²) in [4.78, 5) is 0. The molecule has 0 spiro atoms. The monoisotopic (exact) mass is 201 g/mol. The van der Waals surface area contributed by atoms with Crippen molar-refractivity contribution in [2.45, 2.75) is 12.8 Å². The molecule has 0 amide bonds. The highest BCUT2D eigenvalue weighted by atomic mass is 35.5. The van der Waals surface area contributed by atoms with E-state index < -0.39 is 0 Å². The first kappa shape index (κ1) is 9.56. The average Bonchev–Trinajstić information content (AvgIpc) is 2.08. The number of benzene rings is 1. The Kier molecular flexibility index (Phi) is 3.12. The third-order valence-corrected chi connectivity index (χ3v) is 2.46. The quantitative estimate of drug-likeness (QED) is 0.706. The molecule has 0 aliphatic rings. The molecular formula is C9H9Cl2N. The van der Waals surface area contributed by atoms with Crippen LogP contribution in [0.4, 0.5) is 0 Å². The van der Waals surface area contributed by atoms with Gasteiger partial charge in [-0.15, -0.1) is 0 Å². The van der Waals surface area contributed by atoms with E-state index >= 15 is 0 Å². The smallest absolute Gasteiger partial charge is 0.0595 e. The summed E-state index contributed by atoms with van der Waals surface area (Å²) in [5.41, 5.74) is 1.01. The second kappa shape index (κ2) is 3.92. The van der Waals surface area contributed by atoms with Crippen molar-refractivity contribution in [1.82, 2.24) is 0 Å². The Balaban J connectivity index is 3.04. The Labute approximate surface area is 81.8 Å². The molecule has 1 aromatic carbocycles. The molecule has 0 bridgehead atoms. The van der Waals surface area contributed by atoms with Crippen LogP contribution >= 0.6 is 23.2 Å². The molecule has 1 unspecified atom stereocenters. The Hall–Kier alpha value is -0.530. The van der Waals surface area contributed by atoms with Crippen molar-refractivity contribution < 1.29 is 0 Å². The van der Waals surface area contributed by atoms with E-state index in [-0.39, 0.29) is 5.92 Å². The van der Waals surface area contributed by atoms with Crippen LogP contribution in [-0.4, -0.2) is 6.21 Å². The predicted molar refractivity (Wildman–Crippen MR) is 53.7 cm³/mol. The summed E-state index contributed by atoms with van der Waals surface area (Å²) in [5, 5.41) is 8.17. The summed E-state index contributed by atoms with van der Waals surface area (Å²) in [6.07, 6.45) is 1.37. The Morgan fingerprint density at radius 1 is 1.33 bits per heavy atom. The number of nitrogens with one attached hydrogen (secondary N) is 1. The highest BCUT2D eigenvalue weighted by Gasteiger charge is 2.04. The molecule has 1 N–H and O–H groups in total. The van der Waals surface area contributed by atoms with Crippen LogP contribution in [0.1, 0.15) is 18.4 Å². The zero-order valence-corrected chi connectivity index (χ0v) is 8.15. The molecule has 0 saturated heterocycles. The third kappa shape index (κ3) is 1.99. The molecule has 0 radical (unpaired) electrons. The zero-order chi connectivity index (χ0) is 9.14. The molecule has 1 rings (SSSR count). The van der Waals surface area contributed by atoms with Gasteiger partial charge < -0.3 is 5.41 Å². The lowest BCUT2D eigenvalue weighted by molar-refractivity contribution is 1.04. The van der Waals surface area contributed by atoms with E-state index in [2.05, 4.69) is 0 Å². The molecule has 0 aromatic heterocycles. The van der Waals surface area contributed by atoms with E-state index in [0.29, 0.717) is 10.0 Å².